The van der Waals surface area contributed by atoms with Crippen molar-refractivity contribution in [3.8, 4) is 11.8 Å². The van der Waals surface area contributed by atoms with Gasteiger partial charge in [0, 0.05) is 44.2 Å². The second-order valence-corrected chi connectivity index (χ2v) is 11.6. The molecule has 1 N–H and O–H groups in total. The van der Waals surface area contributed by atoms with Gasteiger partial charge in [0.2, 0.25) is 11.7 Å². The van der Waals surface area contributed by atoms with Crippen molar-refractivity contribution in [3.05, 3.63) is 42.1 Å². The van der Waals surface area contributed by atoms with E-state index in [2.05, 4.69) is 78.5 Å². The maximum atomic E-state index is 12.4. The second kappa shape index (κ2) is 10.8. The van der Waals surface area contributed by atoms with Crippen molar-refractivity contribution in [3.63, 3.8) is 0 Å². The number of nitrogens with zero attached hydrogens (tertiary/aromatic N) is 7. The first-order chi connectivity index (χ1) is 19.8. The molecule has 6 rings (SSSR count). The van der Waals surface area contributed by atoms with E-state index in [1.54, 1.807) is 0 Å². The normalized spacial score (nSPS) is 24.9. The molecule has 3 aliphatic heterocycles. The maximum Gasteiger partial charge on any atom is 0.320 e. The van der Waals surface area contributed by atoms with Crippen LogP contribution in [-0.2, 0) is 4.79 Å². The largest absolute Gasteiger partial charge is 0.481 e. The number of aromatic amines is 1. The van der Waals surface area contributed by atoms with E-state index in [-0.39, 0.29) is 24.1 Å². The number of hydrogen-bond donors (Lipinski definition) is 1. The Morgan fingerprint density at radius 2 is 2.00 bits per heavy atom. The molecule has 1 aromatic carbocycles. The number of nitrogens with one attached hydrogen (secondary N) is 1. The lowest BCUT2D eigenvalue weighted by atomic mass is 9.92. The van der Waals surface area contributed by atoms with Crippen LogP contribution >= 0.6 is 0 Å². The molecule has 2 aromatic heterocycles. The van der Waals surface area contributed by atoms with Crippen LogP contribution in [0.4, 0.5) is 11.6 Å². The van der Waals surface area contributed by atoms with Crippen LogP contribution < -0.4 is 19.3 Å². The number of carbonyl (C=O) groups excluding carboxylic acids is 1. The van der Waals surface area contributed by atoms with Gasteiger partial charge in [0.05, 0.1) is 17.8 Å². The van der Waals surface area contributed by atoms with Crippen molar-refractivity contribution in [1.82, 2.24) is 30.0 Å². The van der Waals surface area contributed by atoms with Crippen LogP contribution in [0.2, 0.25) is 0 Å². The Morgan fingerprint density at radius 3 is 2.73 bits per heavy atom. The zero-order valence-corrected chi connectivity index (χ0v) is 24.6. The number of aromatic nitrogens is 4. The Kier molecular flexibility index (Phi) is 7.23. The summed E-state index contributed by atoms with van der Waals surface area (Å²) in [6.07, 6.45) is 5.35. The monoisotopic (exact) mass is 560 g/mol. The molecule has 41 heavy (non-hydrogen) atoms. The number of aryl methyl sites for hydroxylation is 1. The van der Waals surface area contributed by atoms with Crippen LogP contribution in [0, 0.1) is 6.92 Å². The minimum absolute atomic E-state index is 0.00999. The lowest BCUT2D eigenvalue weighted by Gasteiger charge is -2.44. The molecule has 0 bridgehead atoms. The van der Waals surface area contributed by atoms with Gasteiger partial charge in [0.25, 0.3) is 0 Å². The molecule has 0 saturated carbocycles. The number of carbonyl (C=O) groups is 1. The number of rotatable bonds is 6. The predicted molar refractivity (Wildman–Crippen MR) is 159 cm³/mol. The third kappa shape index (κ3) is 4.86. The summed E-state index contributed by atoms with van der Waals surface area (Å²) in [5.74, 6) is 2.00. The Morgan fingerprint density at radius 1 is 1.20 bits per heavy atom. The van der Waals surface area contributed by atoms with Crippen molar-refractivity contribution >= 4 is 28.4 Å². The number of likely N-dealkylation sites (N-methyl/N-ethyl adjacent to an activating group) is 2. The average molecular weight is 561 g/mol. The molecule has 4 atom stereocenters. The van der Waals surface area contributed by atoms with Gasteiger partial charge in [0.1, 0.15) is 12.7 Å². The van der Waals surface area contributed by atoms with E-state index in [1.165, 1.54) is 18.1 Å². The molecule has 0 radical (unpaired) electrons. The molecule has 3 aromatic rings. The molecule has 5 heterocycles. The summed E-state index contributed by atoms with van der Waals surface area (Å²) in [7, 11) is 4.20. The van der Waals surface area contributed by atoms with Crippen LogP contribution in [0.15, 0.2) is 31.0 Å². The fourth-order valence-electron chi connectivity index (χ4n) is 6.65. The molecule has 3 aliphatic rings. The maximum absolute atomic E-state index is 12.4. The fraction of sp³-hybridized carbons (Fsp3) is 0.533. The van der Waals surface area contributed by atoms with Crippen molar-refractivity contribution in [1.29, 1.82) is 0 Å². The zero-order valence-electron chi connectivity index (χ0n) is 24.6. The highest BCUT2D eigenvalue weighted by molar-refractivity contribution is 5.87. The smallest absolute Gasteiger partial charge is 0.320 e. The minimum Gasteiger partial charge on any atom is -0.481 e. The van der Waals surface area contributed by atoms with Crippen LogP contribution in [0.3, 0.4) is 0 Å². The number of benzene rings is 1. The number of fused-ring (bicyclic) bond motifs is 2. The Hall–Kier alpha value is -3.86. The van der Waals surface area contributed by atoms with E-state index in [0.29, 0.717) is 55.7 Å². The number of likely N-dealkylation sites (tertiary alicyclic amines) is 1. The highest BCUT2D eigenvalue weighted by Gasteiger charge is 2.40. The third-order valence-corrected chi connectivity index (χ3v) is 8.95. The molecule has 11 nitrogen and oxygen atoms in total. The molecule has 1 unspecified atom stereocenters. The van der Waals surface area contributed by atoms with Gasteiger partial charge >= 0.3 is 6.01 Å². The van der Waals surface area contributed by atoms with Crippen LogP contribution in [-0.4, -0.2) is 101 Å². The van der Waals surface area contributed by atoms with E-state index in [9.17, 15) is 4.79 Å². The average Bonchev–Trinajstić information content (AvgIpc) is 3.61. The number of H-pyrrole nitrogens is 1. The molecule has 2 saturated heterocycles. The summed E-state index contributed by atoms with van der Waals surface area (Å²) in [5, 5.41) is 8.49. The van der Waals surface area contributed by atoms with Gasteiger partial charge in [-0.05, 0) is 70.5 Å². The summed E-state index contributed by atoms with van der Waals surface area (Å²) in [4.78, 5) is 30.8. The molecule has 0 aliphatic carbocycles. The predicted octanol–water partition coefficient (Wildman–Crippen LogP) is 3.32. The molecule has 0 spiro atoms. The SMILES string of the molecule is C=CC(=O)N1CCN(c2nc(OC[C@@H]3CCCN3C)nc3c2O[C@H](C)C(c2c(C)ccc4[nH]ncc24)N3C)C[C@H]1C. The summed E-state index contributed by atoms with van der Waals surface area (Å²) < 4.78 is 13.0. The fourth-order valence-corrected chi connectivity index (χ4v) is 6.65. The first-order valence-corrected chi connectivity index (χ1v) is 14.5. The lowest BCUT2D eigenvalue weighted by molar-refractivity contribution is -0.128. The summed E-state index contributed by atoms with van der Waals surface area (Å²) in [6.45, 7) is 13.4. The molecular formula is C30H40N8O3. The Bertz CT molecular complexity index is 1460. The lowest BCUT2D eigenvalue weighted by Crippen LogP contribution is -2.54. The van der Waals surface area contributed by atoms with Gasteiger partial charge in [-0.2, -0.15) is 15.1 Å². The number of hydrogen-bond acceptors (Lipinski definition) is 9. The Balaban J connectivity index is 1.39. The van der Waals surface area contributed by atoms with Gasteiger partial charge < -0.3 is 29.1 Å². The molecule has 2 fully saturated rings. The highest BCUT2D eigenvalue weighted by Crippen LogP contribution is 2.47. The molecule has 1 amide bonds. The molecule has 11 heteroatoms. The van der Waals surface area contributed by atoms with E-state index >= 15 is 0 Å². The number of ether oxygens (including phenoxy) is 2. The number of amides is 1. The third-order valence-electron chi connectivity index (χ3n) is 8.95. The van der Waals surface area contributed by atoms with Crippen molar-refractivity contribution in [2.45, 2.75) is 57.8 Å². The topological polar surface area (TPSA) is 103 Å². The first kappa shape index (κ1) is 27.3. The molecular weight excluding hydrogens is 520 g/mol. The van der Waals surface area contributed by atoms with E-state index in [0.717, 1.165) is 29.4 Å². The second-order valence-electron chi connectivity index (χ2n) is 11.6. The van der Waals surface area contributed by atoms with Gasteiger partial charge in [-0.15, -0.1) is 0 Å². The van der Waals surface area contributed by atoms with Gasteiger partial charge in [-0.25, -0.2) is 0 Å². The minimum atomic E-state index is -0.186. The summed E-state index contributed by atoms with van der Waals surface area (Å²) >= 11 is 0. The van der Waals surface area contributed by atoms with Crippen molar-refractivity contribution in [2.24, 2.45) is 0 Å². The Labute approximate surface area is 241 Å². The summed E-state index contributed by atoms with van der Waals surface area (Å²) in [5.41, 5.74) is 3.32. The van der Waals surface area contributed by atoms with E-state index < -0.39 is 0 Å². The quantitative estimate of drug-likeness (QED) is 0.455. The van der Waals surface area contributed by atoms with Crippen molar-refractivity contribution in [2.75, 3.05) is 56.7 Å². The van der Waals surface area contributed by atoms with Crippen LogP contribution in [0.1, 0.15) is 43.9 Å². The van der Waals surface area contributed by atoms with Gasteiger partial charge in [0.15, 0.2) is 11.6 Å². The van der Waals surface area contributed by atoms with Crippen LogP contribution in [0.5, 0.6) is 11.8 Å². The van der Waals surface area contributed by atoms with E-state index in [1.807, 2.05) is 11.1 Å². The number of anilines is 2. The van der Waals surface area contributed by atoms with Crippen LogP contribution in [0.25, 0.3) is 10.9 Å². The van der Waals surface area contributed by atoms with Gasteiger partial charge in [-0.3, -0.25) is 9.89 Å². The van der Waals surface area contributed by atoms with E-state index in [4.69, 9.17) is 19.4 Å². The zero-order chi connectivity index (χ0) is 28.8. The van der Waals surface area contributed by atoms with Crippen molar-refractivity contribution < 1.29 is 14.3 Å². The number of piperazine rings is 1. The summed E-state index contributed by atoms with van der Waals surface area (Å²) in [6, 6.07) is 4.77. The molecule has 218 valence electrons. The highest BCUT2D eigenvalue weighted by atomic mass is 16.5. The first-order valence-electron chi connectivity index (χ1n) is 14.5. The standard InChI is InChI=1S/C30H40N8O3/c1-7-24(39)38-14-13-37(16-19(38)3)29-27-28(32-30(33-29)40-17-21-9-8-12-35(21)5)36(6)26(20(4)41-27)25-18(2)10-11-23-22(25)15-31-34-23/h7,10-11,15,19-21,26H,1,8-9,12-14,16-17H2,2-6H3,(H,31,34)/t19-,20-,21+,26?/m1/s1. The van der Waals surface area contributed by atoms with Gasteiger partial charge in [-0.1, -0.05) is 12.6 Å².